The SMILES string of the molecule is CC(C)(C)OC(=O)N[C@@H]1CCCCC/C=C\[C@@H]2C[C@]2(C(=O)O)NC(=O)[C@@H]2C[C@H](n3nc(-c4ccccc4)c(-c4ccccc4)n3)CN2C1=O. The minimum atomic E-state index is -1.43. The zero-order valence-corrected chi connectivity index (χ0v) is 28.2. The Labute approximate surface area is 285 Å². The Bertz CT molecular complexity index is 1660. The molecule has 2 aliphatic heterocycles. The monoisotopic (exact) mass is 668 g/mol. The number of hydrogen-bond acceptors (Lipinski definition) is 7. The van der Waals surface area contributed by atoms with Gasteiger partial charge in [0.2, 0.25) is 11.8 Å². The normalized spacial score (nSPS) is 26.7. The van der Waals surface area contributed by atoms with Crippen LogP contribution in [0.2, 0.25) is 0 Å². The highest BCUT2D eigenvalue weighted by atomic mass is 16.6. The average molecular weight is 669 g/mol. The van der Waals surface area contributed by atoms with Gasteiger partial charge in [-0.2, -0.15) is 15.0 Å². The van der Waals surface area contributed by atoms with Crippen LogP contribution in [0.1, 0.15) is 71.8 Å². The first-order valence-corrected chi connectivity index (χ1v) is 17.0. The molecule has 3 aromatic rings. The van der Waals surface area contributed by atoms with Gasteiger partial charge in [-0.25, -0.2) is 9.59 Å². The highest BCUT2D eigenvalue weighted by Crippen LogP contribution is 2.45. The van der Waals surface area contributed by atoms with Crippen LogP contribution < -0.4 is 10.6 Å². The number of carboxylic acid groups (broad SMARTS) is 1. The van der Waals surface area contributed by atoms with Crippen LogP contribution in [0, 0.1) is 5.92 Å². The van der Waals surface area contributed by atoms with E-state index in [1.165, 1.54) is 4.90 Å². The fraction of sp³-hybridized carbons (Fsp3) is 0.459. The molecule has 1 saturated carbocycles. The van der Waals surface area contributed by atoms with Crippen LogP contribution in [-0.4, -0.2) is 78.6 Å². The molecule has 0 bridgehead atoms. The van der Waals surface area contributed by atoms with E-state index >= 15 is 0 Å². The molecular weight excluding hydrogens is 624 g/mol. The molecule has 3 aliphatic rings. The molecule has 3 N–H and O–H groups in total. The summed E-state index contributed by atoms with van der Waals surface area (Å²) >= 11 is 0. The lowest BCUT2D eigenvalue weighted by Crippen LogP contribution is -2.56. The highest BCUT2D eigenvalue weighted by Gasteiger charge is 2.61. The molecule has 258 valence electrons. The van der Waals surface area contributed by atoms with Gasteiger partial charge in [-0.15, -0.1) is 0 Å². The largest absolute Gasteiger partial charge is 0.479 e. The number of alkyl carbamates (subject to hydrolysis) is 1. The molecule has 6 rings (SSSR count). The number of carbonyl (C=O) groups excluding carboxylic acids is 3. The molecule has 1 aliphatic carbocycles. The minimum Gasteiger partial charge on any atom is -0.479 e. The number of rotatable bonds is 5. The standard InChI is InChI=1S/C37H44N6O6/c1-36(2,3)49-35(48)38-28-20-14-6-4-5-13-19-26-22-37(26,34(46)47)39-32(44)29-21-27(23-42(29)33(28)45)43-40-30(24-15-9-7-10-16-24)31(41-43)25-17-11-8-12-18-25/h7-13,15-19,26-29H,4-6,14,20-23H2,1-3H3,(H,38,48)(H,39,44)(H,46,47)/b19-13-/t26-,27+,28-,29+,37+/m1/s1. The van der Waals surface area contributed by atoms with Gasteiger partial charge in [0, 0.05) is 30.0 Å². The van der Waals surface area contributed by atoms with Crippen molar-refractivity contribution in [3.05, 3.63) is 72.8 Å². The summed E-state index contributed by atoms with van der Waals surface area (Å²) in [5.41, 5.74) is 0.854. The fourth-order valence-electron chi connectivity index (χ4n) is 6.76. The molecule has 5 atom stereocenters. The molecule has 2 aromatic carbocycles. The number of aliphatic carboxylic acids is 1. The van der Waals surface area contributed by atoms with Gasteiger partial charge in [0.15, 0.2) is 0 Å². The predicted octanol–water partition coefficient (Wildman–Crippen LogP) is 5.13. The number of benzene rings is 2. The number of nitrogens with zero attached hydrogens (tertiary/aromatic N) is 4. The van der Waals surface area contributed by atoms with Gasteiger partial charge < -0.3 is 25.4 Å². The van der Waals surface area contributed by atoms with Gasteiger partial charge >= 0.3 is 12.1 Å². The van der Waals surface area contributed by atoms with Crippen molar-refractivity contribution in [3.63, 3.8) is 0 Å². The van der Waals surface area contributed by atoms with Gasteiger partial charge in [-0.3, -0.25) is 9.59 Å². The van der Waals surface area contributed by atoms with Crippen LogP contribution in [-0.2, 0) is 19.1 Å². The maximum Gasteiger partial charge on any atom is 0.408 e. The first-order valence-electron chi connectivity index (χ1n) is 17.0. The van der Waals surface area contributed by atoms with Gasteiger partial charge in [-0.1, -0.05) is 85.7 Å². The average Bonchev–Trinajstić information content (AvgIpc) is 3.38. The summed E-state index contributed by atoms with van der Waals surface area (Å²) in [6.45, 7) is 5.33. The topological polar surface area (TPSA) is 156 Å². The molecule has 0 radical (unpaired) electrons. The van der Waals surface area contributed by atoms with Crippen molar-refractivity contribution in [1.82, 2.24) is 30.5 Å². The highest BCUT2D eigenvalue weighted by molar-refractivity contribution is 5.96. The zero-order chi connectivity index (χ0) is 34.8. The number of aromatic nitrogens is 3. The Morgan fingerprint density at radius 2 is 1.59 bits per heavy atom. The van der Waals surface area contributed by atoms with E-state index in [1.54, 1.807) is 25.6 Å². The third kappa shape index (κ3) is 7.53. The third-order valence-electron chi connectivity index (χ3n) is 9.38. The fourth-order valence-corrected chi connectivity index (χ4v) is 6.76. The summed E-state index contributed by atoms with van der Waals surface area (Å²) in [5, 5.41) is 25.6. The van der Waals surface area contributed by atoms with E-state index in [0.29, 0.717) is 24.2 Å². The number of nitrogens with one attached hydrogen (secondary N) is 2. The van der Waals surface area contributed by atoms with Crippen molar-refractivity contribution in [2.75, 3.05) is 6.54 Å². The van der Waals surface area contributed by atoms with Crippen LogP contribution >= 0.6 is 0 Å². The number of carboxylic acids is 1. The maximum atomic E-state index is 14.4. The van der Waals surface area contributed by atoms with Gasteiger partial charge in [0.25, 0.3) is 0 Å². The van der Waals surface area contributed by atoms with Crippen LogP contribution in [0.5, 0.6) is 0 Å². The van der Waals surface area contributed by atoms with E-state index in [9.17, 15) is 24.3 Å². The number of allylic oxidation sites excluding steroid dienone is 1. The molecular formula is C37H44N6O6. The third-order valence-corrected chi connectivity index (χ3v) is 9.38. The lowest BCUT2D eigenvalue weighted by Gasteiger charge is -2.30. The van der Waals surface area contributed by atoms with Gasteiger partial charge in [-0.05, 0) is 46.5 Å². The number of fused-ring (bicyclic) bond motifs is 2. The predicted molar refractivity (Wildman–Crippen MR) is 182 cm³/mol. The lowest BCUT2D eigenvalue weighted by atomic mass is 10.0. The van der Waals surface area contributed by atoms with Crippen LogP contribution in [0.25, 0.3) is 22.5 Å². The van der Waals surface area contributed by atoms with Crippen molar-refractivity contribution in [1.29, 1.82) is 0 Å². The van der Waals surface area contributed by atoms with Crippen molar-refractivity contribution in [3.8, 4) is 22.5 Å². The number of carbonyl (C=O) groups is 4. The second kappa shape index (κ2) is 13.9. The molecule has 3 heterocycles. The van der Waals surface area contributed by atoms with Crippen molar-refractivity contribution in [2.24, 2.45) is 5.92 Å². The molecule has 2 fully saturated rings. The van der Waals surface area contributed by atoms with Gasteiger partial charge in [0.1, 0.15) is 34.6 Å². The molecule has 49 heavy (non-hydrogen) atoms. The van der Waals surface area contributed by atoms with Crippen molar-refractivity contribution in [2.45, 2.75) is 95.0 Å². The molecule has 0 spiro atoms. The molecule has 12 heteroatoms. The summed E-state index contributed by atoms with van der Waals surface area (Å²) in [7, 11) is 0. The van der Waals surface area contributed by atoms with Crippen molar-refractivity contribution < 1.29 is 29.0 Å². The number of hydrogen-bond donors (Lipinski definition) is 3. The number of ether oxygens (including phenoxy) is 1. The molecule has 12 nitrogen and oxygen atoms in total. The smallest absolute Gasteiger partial charge is 0.408 e. The van der Waals surface area contributed by atoms with Crippen LogP contribution in [0.4, 0.5) is 4.79 Å². The summed E-state index contributed by atoms with van der Waals surface area (Å²) in [4.78, 5) is 56.9. The summed E-state index contributed by atoms with van der Waals surface area (Å²) < 4.78 is 5.50. The Kier molecular flexibility index (Phi) is 9.58. The Morgan fingerprint density at radius 3 is 2.18 bits per heavy atom. The second-order valence-corrected chi connectivity index (χ2v) is 14.2. The summed E-state index contributed by atoms with van der Waals surface area (Å²) in [6.07, 6.45) is 6.99. The first kappa shape index (κ1) is 33.9. The van der Waals surface area contributed by atoms with E-state index in [1.807, 2.05) is 72.8 Å². The summed E-state index contributed by atoms with van der Waals surface area (Å²) in [6, 6.07) is 16.9. The maximum absolute atomic E-state index is 14.4. The van der Waals surface area contributed by atoms with Crippen LogP contribution in [0.15, 0.2) is 72.8 Å². The lowest BCUT2D eigenvalue weighted by molar-refractivity contribution is -0.145. The Hall–Kier alpha value is -5.00. The van der Waals surface area contributed by atoms with Crippen LogP contribution in [0.3, 0.4) is 0 Å². The molecule has 1 saturated heterocycles. The van der Waals surface area contributed by atoms with E-state index in [4.69, 9.17) is 14.9 Å². The Morgan fingerprint density at radius 1 is 0.959 bits per heavy atom. The van der Waals surface area contributed by atoms with E-state index < -0.39 is 53.1 Å². The first-order chi connectivity index (χ1) is 23.4. The quantitative estimate of drug-likeness (QED) is 0.316. The summed E-state index contributed by atoms with van der Waals surface area (Å²) in [5.74, 6) is -2.43. The van der Waals surface area contributed by atoms with E-state index in [0.717, 1.165) is 30.4 Å². The van der Waals surface area contributed by atoms with Gasteiger partial charge in [0.05, 0.1) is 6.04 Å². The zero-order valence-electron chi connectivity index (χ0n) is 28.2. The number of amides is 3. The van der Waals surface area contributed by atoms with Crippen molar-refractivity contribution >= 4 is 23.9 Å². The molecule has 1 aromatic heterocycles. The minimum absolute atomic E-state index is 0.0873. The Balaban J connectivity index is 1.36. The second-order valence-electron chi connectivity index (χ2n) is 14.2. The molecule has 3 amide bonds. The van der Waals surface area contributed by atoms with E-state index in [-0.39, 0.29) is 25.3 Å². The van der Waals surface area contributed by atoms with E-state index in [2.05, 4.69) is 10.6 Å². The molecule has 0 unspecified atom stereocenters.